The van der Waals surface area contributed by atoms with Crippen LogP contribution < -0.4 is 4.72 Å². The molecule has 1 atom stereocenters. The first-order chi connectivity index (χ1) is 9.49. The van der Waals surface area contributed by atoms with Gasteiger partial charge in [0.2, 0.25) is 10.0 Å². The highest BCUT2D eigenvalue weighted by atomic mass is 32.2. The Bertz CT molecular complexity index is 590. The fourth-order valence-corrected chi connectivity index (χ4v) is 4.92. The Morgan fingerprint density at radius 2 is 1.76 bits per heavy atom. The lowest BCUT2D eigenvalue weighted by Crippen LogP contribution is -2.39. The van der Waals surface area contributed by atoms with Crippen LogP contribution in [0.3, 0.4) is 0 Å². The summed E-state index contributed by atoms with van der Waals surface area (Å²) in [5.74, 6) is -1.000. The van der Waals surface area contributed by atoms with E-state index in [1.165, 1.54) is 12.1 Å². The van der Waals surface area contributed by atoms with Crippen LogP contribution in [-0.4, -0.2) is 51.7 Å². The summed E-state index contributed by atoms with van der Waals surface area (Å²) in [6, 6.07) is 5.92. The topological polar surface area (TPSA) is 83.5 Å². The molecule has 5 nitrogen and oxygen atoms in total. The summed E-state index contributed by atoms with van der Waals surface area (Å²) in [4.78, 5) is 11.1. The molecule has 0 aliphatic rings. The van der Waals surface area contributed by atoms with Gasteiger partial charge in [0.05, 0.1) is 23.5 Å². The minimum atomic E-state index is -3.69. The summed E-state index contributed by atoms with van der Waals surface area (Å²) < 4.78 is 27.2. The number of hydrogen-bond donors (Lipinski definition) is 2. The smallest absolute Gasteiger partial charge is 0.305 e. The summed E-state index contributed by atoms with van der Waals surface area (Å²) in [6.45, 7) is 8.05. The number of rotatable bonds is 7. The van der Waals surface area contributed by atoms with Gasteiger partial charge in [-0.2, -0.15) is 0 Å². The van der Waals surface area contributed by atoms with Gasteiger partial charge in [-0.25, -0.2) is 13.1 Å². The van der Waals surface area contributed by atoms with E-state index in [0.717, 1.165) is 5.56 Å². The van der Waals surface area contributed by atoms with Crippen molar-refractivity contribution >= 4 is 23.3 Å². The third-order valence-corrected chi connectivity index (χ3v) is 5.91. The zero-order chi connectivity index (χ0) is 16.3. The van der Waals surface area contributed by atoms with Crippen LogP contribution in [0.4, 0.5) is 0 Å². The third-order valence-electron chi connectivity index (χ3n) is 2.84. The summed E-state index contributed by atoms with van der Waals surface area (Å²) in [6.07, 6.45) is 0.354. The number of aliphatic carboxylic acids is 1. The van der Waals surface area contributed by atoms with Crippen LogP contribution in [0.5, 0.6) is 0 Å². The average Bonchev–Trinajstić information content (AvgIpc) is 2.25. The molecule has 0 fully saturated rings. The lowest BCUT2D eigenvalue weighted by atomic mass is 10.2. The molecule has 7 heteroatoms. The number of hydrogen-bond acceptors (Lipinski definition) is 3. The minimum Gasteiger partial charge on any atom is -0.481 e. The van der Waals surface area contributed by atoms with Crippen LogP contribution in [0.25, 0.3) is 0 Å². The number of sulfonamides is 1. The number of carboxylic acids is 1. The first kappa shape index (κ1) is 18.1. The van der Waals surface area contributed by atoms with Crippen molar-refractivity contribution in [3.63, 3.8) is 0 Å². The normalized spacial score (nSPS) is 13.9. The summed E-state index contributed by atoms with van der Waals surface area (Å²) in [5, 5.41) is 8.96. The molecule has 0 aromatic heterocycles. The van der Waals surface area contributed by atoms with E-state index < -0.39 is 29.3 Å². The van der Waals surface area contributed by atoms with E-state index in [0.29, 0.717) is 6.16 Å². The molecule has 0 heterocycles. The molecule has 1 aromatic carbocycles. The largest absolute Gasteiger partial charge is 0.481 e. The van der Waals surface area contributed by atoms with E-state index in [2.05, 4.69) is 24.7 Å². The molecule has 0 saturated heterocycles. The molecule has 0 unspecified atom stereocenters. The predicted octanol–water partition coefficient (Wildman–Crippen LogP) is 2.02. The van der Waals surface area contributed by atoms with Crippen LogP contribution in [0.2, 0.25) is 0 Å². The van der Waals surface area contributed by atoms with Crippen molar-refractivity contribution in [3.8, 4) is 0 Å². The Labute approximate surface area is 127 Å². The number of carbonyl (C=O) groups is 1. The van der Waals surface area contributed by atoms with Crippen molar-refractivity contribution in [2.75, 3.05) is 26.2 Å². The molecule has 0 saturated carbocycles. The summed E-state index contributed by atoms with van der Waals surface area (Å²) >= 11 is 0. The molecule has 118 valence electrons. The van der Waals surface area contributed by atoms with Crippen LogP contribution in [-0.2, 0) is 14.8 Å². The van der Waals surface area contributed by atoms with Gasteiger partial charge in [-0.1, -0.05) is 17.7 Å². The van der Waals surface area contributed by atoms with Crippen LogP contribution in [0.1, 0.15) is 12.0 Å². The molecule has 0 amide bonds. The lowest BCUT2D eigenvalue weighted by Gasteiger charge is -2.21. The molecule has 0 spiro atoms. The van der Waals surface area contributed by atoms with Crippen molar-refractivity contribution in [2.24, 2.45) is 0 Å². The minimum absolute atomic E-state index is 0.163. The second-order valence-corrected chi connectivity index (χ2v) is 12.9. The Hall–Kier alpha value is -0.970. The van der Waals surface area contributed by atoms with Crippen molar-refractivity contribution in [1.29, 1.82) is 0 Å². The number of aryl methyl sites for hydroxylation is 1. The maximum Gasteiger partial charge on any atom is 0.305 e. The number of carboxylic acid groups (broad SMARTS) is 1. The van der Waals surface area contributed by atoms with E-state index >= 15 is 0 Å². The molecular weight excluding hydrogens is 309 g/mol. The second kappa shape index (κ2) is 6.86. The summed E-state index contributed by atoms with van der Waals surface area (Å²) in [7, 11) is -4.99. The standard InChI is InChI=1S/C14H22NO4PS/c1-11-5-7-13(8-6-11)21(18,19)15-12(9-14(16)17)10-20(2,3)4/h5-8,12,15H,9-10H2,1-4H3/p+1/t12-/m0/s1. The zero-order valence-corrected chi connectivity index (χ0v) is 14.5. The monoisotopic (exact) mass is 332 g/mol. The number of nitrogens with one attached hydrogen (secondary N) is 1. The average molecular weight is 332 g/mol. The van der Waals surface area contributed by atoms with Crippen LogP contribution in [0, 0.1) is 6.92 Å². The van der Waals surface area contributed by atoms with Gasteiger partial charge in [0.25, 0.3) is 0 Å². The Balaban J connectivity index is 2.95. The van der Waals surface area contributed by atoms with E-state index in [4.69, 9.17) is 5.11 Å². The van der Waals surface area contributed by atoms with Gasteiger partial charge in [-0.15, -0.1) is 0 Å². The van der Waals surface area contributed by atoms with Crippen molar-refractivity contribution < 1.29 is 18.3 Å². The van der Waals surface area contributed by atoms with Gasteiger partial charge < -0.3 is 5.11 Å². The quantitative estimate of drug-likeness (QED) is 0.748. The molecule has 0 aliphatic carbocycles. The second-order valence-electron chi connectivity index (χ2n) is 6.20. The third kappa shape index (κ3) is 6.55. The SMILES string of the molecule is Cc1ccc(S(=O)(=O)N[C@@H](CC(=O)O)C[P+](C)(C)C)cc1. The predicted molar refractivity (Wildman–Crippen MR) is 87.1 cm³/mol. The van der Waals surface area contributed by atoms with Gasteiger partial charge in [-0.05, 0) is 19.1 Å². The molecule has 21 heavy (non-hydrogen) atoms. The van der Waals surface area contributed by atoms with Crippen molar-refractivity contribution in [2.45, 2.75) is 24.3 Å². The van der Waals surface area contributed by atoms with Crippen LogP contribution in [0.15, 0.2) is 29.2 Å². The Morgan fingerprint density at radius 3 is 2.19 bits per heavy atom. The first-order valence-corrected chi connectivity index (χ1v) is 11.4. The fourth-order valence-electron chi connectivity index (χ4n) is 2.02. The van der Waals surface area contributed by atoms with E-state index in [1.807, 2.05) is 6.92 Å². The molecule has 0 aliphatic heterocycles. The highest BCUT2D eigenvalue weighted by Crippen LogP contribution is 2.47. The molecule has 2 N–H and O–H groups in total. The van der Waals surface area contributed by atoms with Crippen LogP contribution >= 0.6 is 7.26 Å². The van der Waals surface area contributed by atoms with E-state index in [1.54, 1.807) is 12.1 Å². The highest BCUT2D eigenvalue weighted by Gasteiger charge is 2.29. The van der Waals surface area contributed by atoms with Gasteiger partial charge in [-0.3, -0.25) is 4.79 Å². The van der Waals surface area contributed by atoms with Gasteiger partial charge in [0.1, 0.15) is 0 Å². The van der Waals surface area contributed by atoms with Gasteiger partial charge >= 0.3 is 5.97 Å². The Morgan fingerprint density at radius 1 is 1.24 bits per heavy atom. The molecular formula is C14H23NO4PS+. The molecule has 0 radical (unpaired) electrons. The molecule has 0 bridgehead atoms. The fraction of sp³-hybridized carbons (Fsp3) is 0.500. The summed E-state index contributed by atoms with van der Waals surface area (Å²) in [5.41, 5.74) is 0.969. The maximum absolute atomic E-state index is 12.3. The first-order valence-electron chi connectivity index (χ1n) is 6.61. The van der Waals surface area contributed by atoms with Crippen molar-refractivity contribution in [3.05, 3.63) is 29.8 Å². The zero-order valence-electron chi connectivity index (χ0n) is 12.8. The molecule has 1 aromatic rings. The van der Waals surface area contributed by atoms with E-state index in [-0.39, 0.29) is 11.3 Å². The number of benzene rings is 1. The van der Waals surface area contributed by atoms with Crippen molar-refractivity contribution in [1.82, 2.24) is 4.72 Å². The van der Waals surface area contributed by atoms with E-state index in [9.17, 15) is 13.2 Å². The highest BCUT2D eigenvalue weighted by molar-refractivity contribution is 7.89. The Kier molecular flexibility index (Phi) is 5.91. The molecule has 1 rings (SSSR count). The lowest BCUT2D eigenvalue weighted by molar-refractivity contribution is -0.137. The maximum atomic E-state index is 12.3. The van der Waals surface area contributed by atoms with Gasteiger partial charge in [0, 0.05) is 27.3 Å². The van der Waals surface area contributed by atoms with Gasteiger partial charge in [0.15, 0.2) is 0 Å².